The van der Waals surface area contributed by atoms with Crippen LogP contribution in [0.25, 0.3) is 0 Å². The summed E-state index contributed by atoms with van der Waals surface area (Å²) in [5.41, 5.74) is 2.81. The van der Waals surface area contributed by atoms with Gasteiger partial charge in [-0.05, 0) is 35.2 Å². The summed E-state index contributed by atoms with van der Waals surface area (Å²) in [4.78, 5) is 4.42. The van der Waals surface area contributed by atoms with Crippen LogP contribution < -0.4 is 5.32 Å². The molecular weight excluding hydrogens is 260 g/mol. The highest BCUT2D eigenvalue weighted by molar-refractivity contribution is 7.07. The molecule has 2 rings (SSSR count). The lowest BCUT2D eigenvalue weighted by atomic mass is 10.2. The van der Waals surface area contributed by atoms with Gasteiger partial charge in [0, 0.05) is 6.54 Å². The maximum atomic E-state index is 9.97. The van der Waals surface area contributed by atoms with Crippen molar-refractivity contribution in [3.05, 3.63) is 33.8 Å². The first-order chi connectivity index (χ1) is 9.24. The summed E-state index contributed by atoms with van der Waals surface area (Å²) in [6.07, 6.45) is 1.12. The fourth-order valence-electron chi connectivity index (χ4n) is 1.78. The van der Waals surface area contributed by atoms with Crippen LogP contribution in [-0.4, -0.2) is 26.8 Å². The third-order valence-corrected chi connectivity index (χ3v) is 3.59. The van der Waals surface area contributed by atoms with E-state index < -0.39 is 6.10 Å². The van der Waals surface area contributed by atoms with Gasteiger partial charge in [0.1, 0.15) is 0 Å². The molecule has 1 unspecified atom stereocenters. The Kier molecular flexibility index (Phi) is 4.81. The topological polar surface area (TPSA) is 70.9 Å². The van der Waals surface area contributed by atoms with Crippen LogP contribution in [0.3, 0.4) is 0 Å². The SMILES string of the molecule is CCc1nnc(NCC(O)c2ccsc2)nc1CC. The number of aliphatic hydroxyl groups excluding tert-OH is 1. The van der Waals surface area contributed by atoms with Gasteiger partial charge in [-0.25, -0.2) is 4.98 Å². The molecular formula is C13H18N4OS. The van der Waals surface area contributed by atoms with Crippen LogP contribution in [0.15, 0.2) is 16.8 Å². The van der Waals surface area contributed by atoms with Crippen LogP contribution in [0.2, 0.25) is 0 Å². The minimum atomic E-state index is -0.550. The molecule has 0 aliphatic heterocycles. The Hall–Kier alpha value is -1.53. The second kappa shape index (κ2) is 6.58. The van der Waals surface area contributed by atoms with Crippen molar-refractivity contribution >= 4 is 17.3 Å². The zero-order chi connectivity index (χ0) is 13.7. The average Bonchev–Trinajstić information content (AvgIpc) is 2.98. The molecule has 2 heterocycles. The normalized spacial score (nSPS) is 12.4. The summed E-state index contributed by atoms with van der Waals surface area (Å²) in [5.74, 6) is 0.475. The lowest BCUT2D eigenvalue weighted by molar-refractivity contribution is 0.192. The van der Waals surface area contributed by atoms with Gasteiger partial charge in [-0.2, -0.15) is 16.4 Å². The number of hydrogen-bond acceptors (Lipinski definition) is 6. The number of nitrogens with zero attached hydrogens (tertiary/aromatic N) is 3. The summed E-state index contributed by atoms with van der Waals surface area (Å²) in [7, 11) is 0. The molecule has 0 aliphatic carbocycles. The van der Waals surface area contributed by atoms with E-state index in [0.29, 0.717) is 12.5 Å². The van der Waals surface area contributed by atoms with Crippen molar-refractivity contribution in [2.45, 2.75) is 32.8 Å². The van der Waals surface area contributed by atoms with Crippen LogP contribution >= 0.6 is 11.3 Å². The van der Waals surface area contributed by atoms with E-state index in [9.17, 15) is 5.11 Å². The van der Waals surface area contributed by atoms with Crippen molar-refractivity contribution in [1.29, 1.82) is 0 Å². The molecule has 0 aliphatic rings. The molecule has 5 nitrogen and oxygen atoms in total. The van der Waals surface area contributed by atoms with Crippen LogP contribution in [-0.2, 0) is 12.8 Å². The standard InChI is InChI=1S/C13H18N4OS/c1-3-10-11(4-2)16-17-13(15-10)14-7-12(18)9-5-6-19-8-9/h5-6,8,12,18H,3-4,7H2,1-2H3,(H,14,15,17). The Bertz CT molecular complexity index is 515. The monoisotopic (exact) mass is 278 g/mol. The van der Waals surface area contributed by atoms with E-state index in [1.807, 2.05) is 30.7 Å². The van der Waals surface area contributed by atoms with Crippen molar-refractivity contribution in [3.8, 4) is 0 Å². The molecule has 2 aromatic rings. The van der Waals surface area contributed by atoms with Gasteiger partial charge < -0.3 is 10.4 Å². The molecule has 2 N–H and O–H groups in total. The van der Waals surface area contributed by atoms with Gasteiger partial charge in [0.25, 0.3) is 0 Å². The van der Waals surface area contributed by atoms with Crippen LogP contribution in [0.5, 0.6) is 0 Å². The highest BCUT2D eigenvalue weighted by Crippen LogP contribution is 2.16. The maximum absolute atomic E-state index is 9.97. The Morgan fingerprint density at radius 1 is 1.26 bits per heavy atom. The molecule has 0 saturated carbocycles. The number of nitrogens with one attached hydrogen (secondary N) is 1. The predicted molar refractivity (Wildman–Crippen MR) is 76.4 cm³/mol. The van der Waals surface area contributed by atoms with Gasteiger partial charge in [0.2, 0.25) is 5.95 Å². The number of anilines is 1. The summed E-state index contributed by atoms with van der Waals surface area (Å²) >= 11 is 1.57. The Labute approximate surface area is 116 Å². The molecule has 1 atom stereocenters. The lowest BCUT2D eigenvalue weighted by Gasteiger charge is -2.11. The fraction of sp³-hybridized carbons (Fsp3) is 0.462. The number of hydrogen-bond donors (Lipinski definition) is 2. The number of aliphatic hydroxyl groups is 1. The van der Waals surface area contributed by atoms with Gasteiger partial charge in [-0.15, -0.1) is 5.10 Å². The Balaban J connectivity index is 1.99. The smallest absolute Gasteiger partial charge is 0.243 e. The van der Waals surface area contributed by atoms with Crippen molar-refractivity contribution in [2.24, 2.45) is 0 Å². The Morgan fingerprint density at radius 3 is 2.68 bits per heavy atom. The van der Waals surface area contributed by atoms with Crippen LogP contribution in [0, 0.1) is 0 Å². The molecule has 0 fully saturated rings. The van der Waals surface area contributed by atoms with Gasteiger partial charge in [-0.3, -0.25) is 0 Å². The number of aryl methyl sites for hydroxylation is 2. The summed E-state index contributed by atoms with van der Waals surface area (Å²) in [6.45, 7) is 4.47. The van der Waals surface area contributed by atoms with Crippen molar-refractivity contribution < 1.29 is 5.11 Å². The maximum Gasteiger partial charge on any atom is 0.243 e. The van der Waals surface area contributed by atoms with E-state index >= 15 is 0 Å². The Morgan fingerprint density at radius 2 is 2.05 bits per heavy atom. The first-order valence-corrected chi connectivity index (χ1v) is 7.35. The fourth-order valence-corrected chi connectivity index (χ4v) is 2.49. The predicted octanol–water partition coefficient (Wildman–Crippen LogP) is 2.20. The molecule has 0 radical (unpaired) electrons. The minimum Gasteiger partial charge on any atom is -0.387 e. The molecule has 0 spiro atoms. The van der Waals surface area contributed by atoms with Gasteiger partial charge in [0.05, 0.1) is 17.5 Å². The first kappa shape index (κ1) is 13.9. The molecule has 19 heavy (non-hydrogen) atoms. The molecule has 0 saturated heterocycles. The third-order valence-electron chi connectivity index (χ3n) is 2.89. The molecule has 0 aromatic carbocycles. The molecule has 0 bridgehead atoms. The van der Waals surface area contributed by atoms with Crippen LogP contribution in [0.1, 0.15) is 36.9 Å². The van der Waals surface area contributed by atoms with Crippen molar-refractivity contribution in [1.82, 2.24) is 15.2 Å². The molecule has 2 aromatic heterocycles. The molecule has 102 valence electrons. The quantitative estimate of drug-likeness (QED) is 0.847. The zero-order valence-electron chi connectivity index (χ0n) is 11.1. The lowest BCUT2D eigenvalue weighted by Crippen LogP contribution is -2.15. The van der Waals surface area contributed by atoms with E-state index in [0.717, 1.165) is 29.8 Å². The number of aromatic nitrogens is 3. The highest BCUT2D eigenvalue weighted by atomic mass is 32.1. The minimum absolute atomic E-state index is 0.382. The average molecular weight is 278 g/mol. The van der Waals surface area contributed by atoms with E-state index in [1.54, 1.807) is 11.3 Å². The number of thiophene rings is 1. The van der Waals surface area contributed by atoms with E-state index in [2.05, 4.69) is 20.5 Å². The van der Waals surface area contributed by atoms with Crippen molar-refractivity contribution in [3.63, 3.8) is 0 Å². The van der Waals surface area contributed by atoms with Gasteiger partial charge in [0.15, 0.2) is 0 Å². The number of rotatable bonds is 6. The second-order valence-electron chi connectivity index (χ2n) is 4.19. The van der Waals surface area contributed by atoms with Gasteiger partial charge in [-0.1, -0.05) is 13.8 Å². The largest absolute Gasteiger partial charge is 0.387 e. The summed E-state index contributed by atoms with van der Waals surface area (Å²) < 4.78 is 0. The van der Waals surface area contributed by atoms with Crippen molar-refractivity contribution in [2.75, 3.05) is 11.9 Å². The third kappa shape index (κ3) is 3.48. The molecule has 0 amide bonds. The summed E-state index contributed by atoms with van der Waals surface area (Å²) in [6, 6.07) is 1.91. The van der Waals surface area contributed by atoms with E-state index in [1.165, 1.54) is 0 Å². The molecule has 6 heteroatoms. The van der Waals surface area contributed by atoms with Crippen LogP contribution in [0.4, 0.5) is 5.95 Å². The first-order valence-electron chi connectivity index (χ1n) is 6.41. The zero-order valence-corrected chi connectivity index (χ0v) is 11.9. The van der Waals surface area contributed by atoms with E-state index in [-0.39, 0.29) is 0 Å². The summed E-state index contributed by atoms with van der Waals surface area (Å²) in [5, 5.41) is 25.1. The van der Waals surface area contributed by atoms with E-state index in [4.69, 9.17) is 0 Å². The second-order valence-corrected chi connectivity index (χ2v) is 4.97. The van der Waals surface area contributed by atoms with Gasteiger partial charge >= 0.3 is 0 Å². The highest BCUT2D eigenvalue weighted by Gasteiger charge is 2.10.